The van der Waals surface area contributed by atoms with Crippen molar-refractivity contribution in [3.8, 4) is 17.3 Å². The number of nitrogens with one attached hydrogen (secondary N) is 1. The summed E-state index contributed by atoms with van der Waals surface area (Å²) in [5.74, 6) is 1.91. The van der Waals surface area contributed by atoms with Crippen LogP contribution in [0.2, 0.25) is 0 Å². The van der Waals surface area contributed by atoms with Gasteiger partial charge in [-0.3, -0.25) is 4.90 Å². The van der Waals surface area contributed by atoms with Crippen LogP contribution in [0.1, 0.15) is 11.9 Å². The fourth-order valence-electron chi connectivity index (χ4n) is 2.66. The normalized spacial score (nSPS) is 18.3. The number of aromatic nitrogens is 5. The Hall–Kier alpha value is -2.29. The zero-order valence-corrected chi connectivity index (χ0v) is 14.0. The van der Waals surface area contributed by atoms with Gasteiger partial charge in [0.2, 0.25) is 0 Å². The molecule has 1 unspecified atom stereocenters. The summed E-state index contributed by atoms with van der Waals surface area (Å²) in [5, 5.41) is 11.7. The average Bonchev–Trinajstić information content (AvgIpc) is 3.27. The highest BCUT2D eigenvalue weighted by molar-refractivity contribution is 5.85. The molecule has 1 fully saturated rings. The maximum atomic E-state index is 5.45. The smallest absolute Gasteiger partial charge is 0.258 e. The number of rotatable bonds is 3. The molecule has 3 aromatic heterocycles. The summed E-state index contributed by atoms with van der Waals surface area (Å²) >= 11 is 0. The lowest BCUT2D eigenvalue weighted by atomic mass is 10.2. The minimum Gasteiger partial charge on any atom is -0.334 e. The summed E-state index contributed by atoms with van der Waals surface area (Å²) in [4.78, 5) is 11.1. The predicted octanol–water partition coefficient (Wildman–Crippen LogP) is 1.32. The molecule has 1 aliphatic rings. The third-order valence-electron chi connectivity index (χ3n) is 3.98. The first-order valence-corrected chi connectivity index (χ1v) is 7.52. The van der Waals surface area contributed by atoms with Crippen molar-refractivity contribution >= 4 is 12.4 Å². The second-order valence-corrected chi connectivity index (χ2v) is 5.51. The van der Waals surface area contributed by atoms with Gasteiger partial charge in [-0.15, -0.1) is 12.4 Å². The molecule has 0 spiro atoms. The third kappa shape index (κ3) is 3.16. The van der Waals surface area contributed by atoms with Gasteiger partial charge in [0, 0.05) is 43.8 Å². The minimum absolute atomic E-state index is 0. The van der Waals surface area contributed by atoms with E-state index in [1.54, 1.807) is 17.1 Å². The largest absolute Gasteiger partial charge is 0.334 e. The number of halogens is 1. The Morgan fingerprint density at radius 3 is 3.04 bits per heavy atom. The molecule has 0 saturated carbocycles. The Morgan fingerprint density at radius 2 is 2.25 bits per heavy atom. The van der Waals surface area contributed by atoms with Crippen LogP contribution in [0.25, 0.3) is 17.3 Å². The van der Waals surface area contributed by atoms with Crippen LogP contribution in [-0.2, 0) is 0 Å². The Labute approximate surface area is 145 Å². The molecule has 1 aliphatic heterocycles. The van der Waals surface area contributed by atoms with Crippen molar-refractivity contribution in [2.75, 3.05) is 26.7 Å². The molecule has 4 rings (SSSR count). The highest BCUT2D eigenvalue weighted by atomic mass is 35.5. The summed E-state index contributed by atoms with van der Waals surface area (Å²) in [6.45, 7) is 2.77. The molecule has 8 nitrogen and oxygen atoms in total. The Bertz CT molecular complexity index is 789. The van der Waals surface area contributed by atoms with Gasteiger partial charge in [0.05, 0.1) is 6.04 Å². The monoisotopic (exact) mass is 347 g/mol. The van der Waals surface area contributed by atoms with Crippen molar-refractivity contribution in [3.63, 3.8) is 0 Å². The van der Waals surface area contributed by atoms with Gasteiger partial charge >= 0.3 is 0 Å². The standard InChI is InChI=1S/C15H17N7O.ClH/c1-21-8-6-16-10-12(21)14-19-15(23-20-14)11-3-5-17-13(9-11)22-7-2-4-18-22;/h2-5,7,9,12,16H,6,8,10H2,1H3;1H. The molecule has 9 heteroatoms. The molecule has 0 aromatic carbocycles. The summed E-state index contributed by atoms with van der Waals surface area (Å²) in [6, 6.07) is 5.72. The van der Waals surface area contributed by atoms with Crippen molar-refractivity contribution in [2.45, 2.75) is 6.04 Å². The average molecular weight is 348 g/mol. The molecule has 4 heterocycles. The SMILES string of the molecule is CN1CCNCC1c1noc(-c2ccnc(-n3cccn3)c2)n1.Cl. The molecule has 0 amide bonds. The van der Waals surface area contributed by atoms with Crippen LogP contribution in [0.15, 0.2) is 41.3 Å². The highest BCUT2D eigenvalue weighted by Crippen LogP contribution is 2.23. The lowest BCUT2D eigenvalue weighted by Crippen LogP contribution is -2.44. The molecule has 0 aliphatic carbocycles. The van der Waals surface area contributed by atoms with E-state index in [0.29, 0.717) is 17.5 Å². The van der Waals surface area contributed by atoms with Crippen LogP contribution in [0, 0.1) is 0 Å². The quantitative estimate of drug-likeness (QED) is 0.764. The predicted molar refractivity (Wildman–Crippen MR) is 90.1 cm³/mol. The van der Waals surface area contributed by atoms with Crippen LogP contribution in [-0.4, -0.2) is 56.5 Å². The maximum Gasteiger partial charge on any atom is 0.258 e. The van der Waals surface area contributed by atoms with E-state index in [1.807, 2.05) is 24.4 Å². The van der Waals surface area contributed by atoms with E-state index in [4.69, 9.17) is 4.52 Å². The first-order valence-electron chi connectivity index (χ1n) is 7.52. The van der Waals surface area contributed by atoms with Crippen LogP contribution >= 0.6 is 12.4 Å². The molecule has 1 saturated heterocycles. The second kappa shape index (κ2) is 7.08. The Kier molecular flexibility index (Phi) is 4.89. The van der Waals surface area contributed by atoms with E-state index in [0.717, 1.165) is 25.2 Å². The molecule has 1 N–H and O–H groups in total. The fourth-order valence-corrected chi connectivity index (χ4v) is 2.66. The summed E-state index contributed by atoms with van der Waals surface area (Å²) in [5.41, 5.74) is 0.829. The number of pyridine rings is 1. The fraction of sp³-hybridized carbons (Fsp3) is 0.333. The number of hydrogen-bond acceptors (Lipinski definition) is 7. The summed E-state index contributed by atoms with van der Waals surface area (Å²) in [7, 11) is 2.07. The van der Waals surface area contributed by atoms with Gasteiger partial charge in [-0.1, -0.05) is 5.16 Å². The van der Waals surface area contributed by atoms with Gasteiger partial charge < -0.3 is 9.84 Å². The molecule has 3 aromatic rings. The number of hydrogen-bond donors (Lipinski definition) is 1. The lowest BCUT2D eigenvalue weighted by molar-refractivity contribution is 0.190. The van der Waals surface area contributed by atoms with Crippen LogP contribution in [0.5, 0.6) is 0 Å². The number of piperazine rings is 1. The van der Waals surface area contributed by atoms with Gasteiger partial charge in [-0.05, 0) is 25.2 Å². The molecule has 1 atom stereocenters. The number of likely N-dealkylation sites (N-methyl/N-ethyl adjacent to an activating group) is 1. The third-order valence-corrected chi connectivity index (χ3v) is 3.98. The van der Waals surface area contributed by atoms with Crippen LogP contribution in [0.3, 0.4) is 0 Å². The van der Waals surface area contributed by atoms with Gasteiger partial charge in [-0.2, -0.15) is 10.1 Å². The molecule has 0 radical (unpaired) electrons. The first-order chi connectivity index (χ1) is 11.3. The number of nitrogens with zero attached hydrogens (tertiary/aromatic N) is 6. The van der Waals surface area contributed by atoms with Crippen molar-refractivity contribution in [3.05, 3.63) is 42.6 Å². The molecular formula is C15H18ClN7O. The van der Waals surface area contributed by atoms with E-state index in [9.17, 15) is 0 Å². The topological polar surface area (TPSA) is 84.9 Å². The Balaban J connectivity index is 0.00000169. The van der Waals surface area contributed by atoms with E-state index in [2.05, 4.69) is 37.5 Å². The van der Waals surface area contributed by atoms with Gasteiger partial charge in [0.15, 0.2) is 11.6 Å². The first kappa shape index (κ1) is 16.6. The van der Waals surface area contributed by atoms with Gasteiger partial charge in [-0.25, -0.2) is 9.67 Å². The van der Waals surface area contributed by atoms with Crippen molar-refractivity contribution in [2.24, 2.45) is 0 Å². The van der Waals surface area contributed by atoms with Crippen molar-refractivity contribution in [1.29, 1.82) is 0 Å². The van der Waals surface area contributed by atoms with E-state index < -0.39 is 0 Å². The van der Waals surface area contributed by atoms with Crippen molar-refractivity contribution in [1.82, 2.24) is 35.1 Å². The summed E-state index contributed by atoms with van der Waals surface area (Å²) in [6.07, 6.45) is 5.27. The lowest BCUT2D eigenvalue weighted by Gasteiger charge is -2.30. The Morgan fingerprint density at radius 1 is 1.33 bits per heavy atom. The molecule has 24 heavy (non-hydrogen) atoms. The zero-order valence-electron chi connectivity index (χ0n) is 13.2. The second-order valence-electron chi connectivity index (χ2n) is 5.51. The van der Waals surface area contributed by atoms with E-state index in [-0.39, 0.29) is 18.4 Å². The van der Waals surface area contributed by atoms with Crippen molar-refractivity contribution < 1.29 is 4.52 Å². The highest BCUT2D eigenvalue weighted by Gasteiger charge is 2.25. The maximum absolute atomic E-state index is 5.45. The minimum atomic E-state index is 0. The van der Waals surface area contributed by atoms with E-state index in [1.165, 1.54) is 0 Å². The van der Waals surface area contributed by atoms with Crippen LogP contribution in [0.4, 0.5) is 0 Å². The molecular weight excluding hydrogens is 330 g/mol. The zero-order chi connectivity index (χ0) is 15.6. The summed E-state index contributed by atoms with van der Waals surface area (Å²) < 4.78 is 7.15. The van der Waals surface area contributed by atoms with Gasteiger partial charge in [0.25, 0.3) is 5.89 Å². The van der Waals surface area contributed by atoms with Gasteiger partial charge in [0.1, 0.15) is 0 Å². The molecule has 0 bridgehead atoms. The van der Waals surface area contributed by atoms with Crippen LogP contribution < -0.4 is 5.32 Å². The van der Waals surface area contributed by atoms with E-state index >= 15 is 0 Å². The molecule has 126 valence electrons.